The third-order valence-corrected chi connectivity index (χ3v) is 3.28. The Bertz CT molecular complexity index is 421. The number of nitrogens with zero attached hydrogens (tertiary/aromatic N) is 5. The molecule has 0 radical (unpaired) electrons. The molecule has 0 aliphatic carbocycles. The monoisotopic (exact) mass is 285 g/mol. The highest BCUT2D eigenvalue weighted by atomic mass is 35.5. The van der Waals surface area contributed by atoms with Gasteiger partial charge in [0, 0.05) is 33.8 Å². The van der Waals surface area contributed by atoms with Crippen LogP contribution in [0.3, 0.4) is 0 Å². The zero-order valence-corrected chi connectivity index (χ0v) is 12.4. The molecule has 0 bridgehead atoms. The minimum atomic E-state index is 0.237. The van der Waals surface area contributed by atoms with E-state index < -0.39 is 0 Å². The van der Waals surface area contributed by atoms with E-state index in [4.69, 9.17) is 16.3 Å². The topological polar surface area (TPSA) is 54.4 Å². The van der Waals surface area contributed by atoms with Crippen LogP contribution in [-0.4, -0.2) is 54.8 Å². The van der Waals surface area contributed by atoms with Gasteiger partial charge in [-0.05, 0) is 31.4 Å². The summed E-state index contributed by atoms with van der Waals surface area (Å²) in [6.45, 7) is 4.57. The van der Waals surface area contributed by atoms with Crippen molar-refractivity contribution < 1.29 is 4.74 Å². The van der Waals surface area contributed by atoms with Gasteiger partial charge < -0.3 is 14.5 Å². The van der Waals surface area contributed by atoms with Crippen LogP contribution >= 0.6 is 11.6 Å². The summed E-state index contributed by atoms with van der Waals surface area (Å²) in [5, 5.41) is 0.237. The first-order valence-electron chi connectivity index (χ1n) is 6.55. The molecule has 1 fully saturated rings. The van der Waals surface area contributed by atoms with Crippen LogP contribution in [0.4, 0.5) is 11.9 Å². The largest absolute Gasteiger partial charge is 0.378 e. The van der Waals surface area contributed by atoms with Gasteiger partial charge in [0.25, 0.3) is 0 Å². The number of piperidine rings is 1. The lowest BCUT2D eigenvalue weighted by Crippen LogP contribution is -2.38. The summed E-state index contributed by atoms with van der Waals surface area (Å²) in [7, 11) is 3.77. The van der Waals surface area contributed by atoms with Gasteiger partial charge in [-0.3, -0.25) is 0 Å². The molecule has 0 atom stereocenters. The zero-order chi connectivity index (χ0) is 13.8. The number of ether oxygens (including phenoxy) is 1. The molecule has 2 heterocycles. The SMILES string of the molecule is CCOC1CCN(c2nc(Cl)nc(N(C)C)n2)CC1. The third-order valence-electron chi connectivity index (χ3n) is 3.11. The summed E-state index contributed by atoms with van der Waals surface area (Å²) >= 11 is 5.95. The van der Waals surface area contributed by atoms with Gasteiger partial charge in [-0.25, -0.2) is 0 Å². The van der Waals surface area contributed by atoms with E-state index in [2.05, 4.69) is 19.9 Å². The maximum atomic E-state index is 5.95. The molecule has 0 saturated carbocycles. The van der Waals surface area contributed by atoms with E-state index in [-0.39, 0.29) is 5.28 Å². The molecule has 2 rings (SSSR count). The van der Waals surface area contributed by atoms with E-state index in [1.54, 1.807) is 0 Å². The fraction of sp³-hybridized carbons (Fsp3) is 0.750. The highest BCUT2D eigenvalue weighted by Crippen LogP contribution is 2.20. The summed E-state index contributed by atoms with van der Waals surface area (Å²) in [6.07, 6.45) is 2.34. The van der Waals surface area contributed by atoms with Crippen molar-refractivity contribution in [1.29, 1.82) is 0 Å². The number of hydrogen-bond donors (Lipinski definition) is 0. The van der Waals surface area contributed by atoms with E-state index in [0.717, 1.165) is 32.5 Å². The van der Waals surface area contributed by atoms with Crippen LogP contribution in [-0.2, 0) is 4.74 Å². The quantitative estimate of drug-likeness (QED) is 0.837. The Balaban J connectivity index is 2.06. The van der Waals surface area contributed by atoms with E-state index in [1.807, 2.05) is 25.9 Å². The molecule has 1 aliphatic rings. The number of hydrogen-bond acceptors (Lipinski definition) is 6. The van der Waals surface area contributed by atoms with Crippen LogP contribution in [0.2, 0.25) is 5.28 Å². The van der Waals surface area contributed by atoms with Crippen molar-refractivity contribution >= 4 is 23.5 Å². The molecular weight excluding hydrogens is 266 g/mol. The normalized spacial score (nSPS) is 16.7. The molecule has 1 saturated heterocycles. The van der Waals surface area contributed by atoms with Crippen LogP contribution < -0.4 is 9.80 Å². The lowest BCUT2D eigenvalue weighted by molar-refractivity contribution is 0.0457. The molecule has 1 aromatic rings. The lowest BCUT2D eigenvalue weighted by atomic mass is 10.1. The van der Waals surface area contributed by atoms with Crippen molar-refractivity contribution in [3.05, 3.63) is 5.28 Å². The fourth-order valence-electron chi connectivity index (χ4n) is 2.13. The fourth-order valence-corrected chi connectivity index (χ4v) is 2.28. The number of halogens is 1. The summed E-state index contributed by atoms with van der Waals surface area (Å²) < 4.78 is 5.64. The molecule has 0 N–H and O–H groups in total. The number of rotatable bonds is 4. The van der Waals surface area contributed by atoms with Gasteiger partial charge in [-0.1, -0.05) is 0 Å². The van der Waals surface area contributed by atoms with Crippen molar-refractivity contribution in [2.75, 3.05) is 43.6 Å². The lowest BCUT2D eigenvalue weighted by Gasteiger charge is -2.31. The molecule has 0 unspecified atom stereocenters. The summed E-state index contributed by atoms with van der Waals surface area (Å²) in [5.41, 5.74) is 0. The smallest absolute Gasteiger partial charge is 0.231 e. The minimum absolute atomic E-state index is 0.237. The van der Waals surface area contributed by atoms with Gasteiger partial charge in [-0.15, -0.1) is 0 Å². The molecular formula is C12H20ClN5O. The second-order valence-corrected chi connectivity index (χ2v) is 5.08. The predicted octanol–water partition coefficient (Wildman–Crippen LogP) is 1.60. The van der Waals surface area contributed by atoms with E-state index in [1.165, 1.54) is 0 Å². The molecule has 0 spiro atoms. The molecule has 1 aromatic heterocycles. The molecule has 19 heavy (non-hydrogen) atoms. The first-order chi connectivity index (χ1) is 9.10. The third kappa shape index (κ3) is 3.67. The number of aromatic nitrogens is 3. The Morgan fingerprint density at radius 2 is 1.95 bits per heavy atom. The van der Waals surface area contributed by atoms with Gasteiger partial charge >= 0.3 is 0 Å². The molecule has 1 aliphatic heterocycles. The van der Waals surface area contributed by atoms with E-state index >= 15 is 0 Å². The Hall–Kier alpha value is -1.14. The van der Waals surface area contributed by atoms with Crippen LogP contribution in [0.15, 0.2) is 0 Å². The highest BCUT2D eigenvalue weighted by molar-refractivity contribution is 6.28. The van der Waals surface area contributed by atoms with Gasteiger partial charge in [0.1, 0.15) is 0 Å². The maximum Gasteiger partial charge on any atom is 0.231 e. The minimum Gasteiger partial charge on any atom is -0.378 e. The van der Waals surface area contributed by atoms with E-state index in [0.29, 0.717) is 18.0 Å². The Labute approximate surface area is 118 Å². The molecule has 0 amide bonds. The van der Waals surface area contributed by atoms with Crippen molar-refractivity contribution in [2.24, 2.45) is 0 Å². The van der Waals surface area contributed by atoms with Crippen molar-refractivity contribution in [1.82, 2.24) is 15.0 Å². The van der Waals surface area contributed by atoms with Gasteiger partial charge in [0.2, 0.25) is 17.2 Å². The van der Waals surface area contributed by atoms with Crippen LogP contribution in [0, 0.1) is 0 Å². The molecule has 0 aromatic carbocycles. The first-order valence-corrected chi connectivity index (χ1v) is 6.93. The van der Waals surface area contributed by atoms with Gasteiger partial charge in [0.15, 0.2) is 0 Å². The second-order valence-electron chi connectivity index (χ2n) is 4.74. The van der Waals surface area contributed by atoms with Gasteiger partial charge in [0.05, 0.1) is 6.10 Å². The molecule has 7 heteroatoms. The highest BCUT2D eigenvalue weighted by Gasteiger charge is 2.22. The van der Waals surface area contributed by atoms with Crippen molar-refractivity contribution in [2.45, 2.75) is 25.9 Å². The zero-order valence-electron chi connectivity index (χ0n) is 11.6. The summed E-state index contributed by atoms with van der Waals surface area (Å²) in [6, 6.07) is 0. The maximum absolute atomic E-state index is 5.95. The summed E-state index contributed by atoms with van der Waals surface area (Å²) in [4.78, 5) is 16.7. The van der Waals surface area contributed by atoms with Crippen molar-refractivity contribution in [3.8, 4) is 0 Å². The Kier molecular flexibility index (Phi) is 4.76. The average molecular weight is 286 g/mol. The molecule has 6 nitrogen and oxygen atoms in total. The van der Waals surface area contributed by atoms with E-state index in [9.17, 15) is 0 Å². The standard InChI is InChI=1S/C12H20ClN5O/c1-4-19-9-5-7-18(8-6-9)12-15-10(13)14-11(16-12)17(2)3/h9H,4-8H2,1-3H3. The summed E-state index contributed by atoms with van der Waals surface area (Å²) in [5.74, 6) is 1.24. The molecule has 106 valence electrons. The first kappa shape index (κ1) is 14.3. The average Bonchev–Trinajstić information content (AvgIpc) is 2.39. The van der Waals surface area contributed by atoms with Crippen molar-refractivity contribution in [3.63, 3.8) is 0 Å². The Morgan fingerprint density at radius 3 is 2.53 bits per heavy atom. The predicted molar refractivity (Wildman–Crippen MR) is 76.0 cm³/mol. The Morgan fingerprint density at radius 1 is 1.26 bits per heavy atom. The van der Waals surface area contributed by atoms with Crippen LogP contribution in [0.5, 0.6) is 0 Å². The number of anilines is 2. The van der Waals surface area contributed by atoms with Crippen LogP contribution in [0.25, 0.3) is 0 Å². The second kappa shape index (κ2) is 6.34. The van der Waals surface area contributed by atoms with Crippen LogP contribution in [0.1, 0.15) is 19.8 Å². The van der Waals surface area contributed by atoms with Gasteiger partial charge in [-0.2, -0.15) is 15.0 Å².